The van der Waals surface area contributed by atoms with Crippen LogP contribution in [0.3, 0.4) is 0 Å². The van der Waals surface area contributed by atoms with Gasteiger partial charge in [0.15, 0.2) is 0 Å². The van der Waals surface area contributed by atoms with Gasteiger partial charge in [-0.15, -0.1) is 11.8 Å². The van der Waals surface area contributed by atoms with Gasteiger partial charge in [-0.05, 0) is 59.7 Å². The maximum atomic E-state index is 15.1. The Labute approximate surface area is 211 Å². The molecule has 1 aliphatic heterocycles. The number of phenols is 1. The van der Waals surface area contributed by atoms with Gasteiger partial charge < -0.3 is 15.1 Å². The fraction of sp³-hybridized carbons (Fsp3) is 0.143. The highest BCUT2D eigenvalue weighted by atomic mass is 32.2. The third-order valence-corrected chi connectivity index (χ3v) is 7.50. The van der Waals surface area contributed by atoms with Crippen LogP contribution >= 0.6 is 11.8 Å². The molecule has 5 rings (SSSR count). The molecule has 1 aromatic heterocycles. The number of thioether (sulfide) groups is 1. The first-order valence-corrected chi connectivity index (χ1v) is 12.3. The Balaban J connectivity index is 1.40. The van der Waals surface area contributed by atoms with Gasteiger partial charge in [-0.1, -0.05) is 30.3 Å². The molecule has 1 fully saturated rings. The number of pyridine rings is 1. The summed E-state index contributed by atoms with van der Waals surface area (Å²) >= 11 is 1.29. The predicted molar refractivity (Wildman–Crippen MR) is 136 cm³/mol. The van der Waals surface area contributed by atoms with Crippen LogP contribution in [0, 0.1) is 11.6 Å². The fourth-order valence-electron chi connectivity index (χ4n) is 4.29. The number of aliphatic hydroxyl groups is 1. The molecule has 8 heteroatoms. The second kappa shape index (κ2) is 10.1. The summed E-state index contributed by atoms with van der Waals surface area (Å²) in [5.74, 6) is -0.756. The molecule has 4 aromatic rings. The lowest BCUT2D eigenvalue weighted by Gasteiger charge is -2.47. The third-order valence-electron chi connectivity index (χ3n) is 6.17. The van der Waals surface area contributed by atoms with Crippen LogP contribution in [0.5, 0.6) is 5.75 Å². The van der Waals surface area contributed by atoms with Gasteiger partial charge in [0, 0.05) is 35.0 Å². The average Bonchev–Trinajstić information content (AvgIpc) is 2.89. The molecular weight excluding hydrogens is 482 g/mol. The zero-order valence-corrected chi connectivity index (χ0v) is 19.8. The van der Waals surface area contributed by atoms with Crippen LogP contribution in [-0.2, 0) is 4.79 Å². The first-order valence-electron chi connectivity index (χ1n) is 11.3. The van der Waals surface area contributed by atoms with E-state index in [1.54, 1.807) is 48.8 Å². The number of nitrogens with zero attached hydrogens (tertiary/aromatic N) is 2. The molecule has 5 nitrogen and oxygen atoms in total. The highest BCUT2D eigenvalue weighted by Gasteiger charge is 2.49. The number of β-lactam (4-membered cyclic amide) rings is 1. The van der Waals surface area contributed by atoms with Crippen molar-refractivity contribution in [2.75, 3.05) is 10.7 Å². The number of aliphatic hydroxyl groups excluding tert-OH is 1. The van der Waals surface area contributed by atoms with Crippen LogP contribution < -0.4 is 4.90 Å². The van der Waals surface area contributed by atoms with E-state index >= 15 is 4.39 Å². The number of aromatic nitrogens is 1. The number of hydrogen-bond donors (Lipinski definition) is 2. The molecule has 1 amide bonds. The van der Waals surface area contributed by atoms with E-state index in [0.29, 0.717) is 22.4 Å². The highest BCUT2D eigenvalue weighted by molar-refractivity contribution is 8.00. The van der Waals surface area contributed by atoms with Crippen LogP contribution in [0.1, 0.15) is 23.3 Å². The Hall–Kier alpha value is -3.75. The molecule has 36 heavy (non-hydrogen) atoms. The van der Waals surface area contributed by atoms with Crippen molar-refractivity contribution in [1.82, 2.24) is 4.98 Å². The van der Waals surface area contributed by atoms with Gasteiger partial charge in [0.2, 0.25) is 5.91 Å². The number of amides is 1. The molecule has 3 atom stereocenters. The third kappa shape index (κ3) is 4.69. The van der Waals surface area contributed by atoms with E-state index in [-0.39, 0.29) is 17.4 Å². The molecular formula is C28H22F2N2O3S. The first-order chi connectivity index (χ1) is 17.4. The van der Waals surface area contributed by atoms with Crippen molar-refractivity contribution in [3.63, 3.8) is 0 Å². The lowest BCUT2D eigenvalue weighted by molar-refractivity contribution is -0.123. The van der Waals surface area contributed by atoms with E-state index in [4.69, 9.17) is 0 Å². The molecule has 2 N–H and O–H groups in total. The van der Waals surface area contributed by atoms with E-state index in [2.05, 4.69) is 4.98 Å². The number of phenolic OH excluding ortho intramolecular Hbond substituents is 1. The Morgan fingerprint density at radius 1 is 1.00 bits per heavy atom. The first kappa shape index (κ1) is 24.0. The van der Waals surface area contributed by atoms with Crippen LogP contribution in [-0.4, -0.2) is 32.1 Å². The second-order valence-corrected chi connectivity index (χ2v) is 9.65. The van der Waals surface area contributed by atoms with Crippen molar-refractivity contribution in [3.8, 4) is 16.9 Å². The van der Waals surface area contributed by atoms with Crippen molar-refractivity contribution >= 4 is 23.4 Å². The summed E-state index contributed by atoms with van der Waals surface area (Å²) in [5, 5.41) is 19.8. The fourth-order valence-corrected chi connectivity index (χ4v) is 5.59. The molecule has 0 unspecified atom stereocenters. The van der Waals surface area contributed by atoms with E-state index in [0.717, 1.165) is 5.56 Å². The predicted octanol–water partition coefficient (Wildman–Crippen LogP) is 5.66. The van der Waals surface area contributed by atoms with Crippen LogP contribution in [0.15, 0.2) is 91.3 Å². The maximum Gasteiger partial charge on any atom is 0.243 e. The van der Waals surface area contributed by atoms with E-state index in [1.807, 2.05) is 0 Å². The summed E-state index contributed by atoms with van der Waals surface area (Å²) < 4.78 is 28.3. The Morgan fingerprint density at radius 2 is 1.75 bits per heavy atom. The minimum atomic E-state index is -0.880. The molecule has 0 spiro atoms. The zero-order valence-electron chi connectivity index (χ0n) is 19.0. The van der Waals surface area contributed by atoms with Crippen LogP contribution in [0.2, 0.25) is 0 Å². The summed E-state index contributed by atoms with van der Waals surface area (Å²) in [7, 11) is 0. The van der Waals surface area contributed by atoms with Crippen molar-refractivity contribution in [1.29, 1.82) is 0 Å². The molecule has 1 saturated heterocycles. The van der Waals surface area contributed by atoms with Gasteiger partial charge in [-0.2, -0.15) is 0 Å². The molecule has 2 heterocycles. The minimum absolute atomic E-state index is 0.0961. The van der Waals surface area contributed by atoms with Gasteiger partial charge in [0.1, 0.15) is 22.6 Å². The number of rotatable bonds is 7. The number of carbonyl (C=O) groups excluding carboxylic acids is 1. The van der Waals surface area contributed by atoms with Gasteiger partial charge in [-0.3, -0.25) is 9.78 Å². The largest absolute Gasteiger partial charge is 0.508 e. The summed E-state index contributed by atoms with van der Waals surface area (Å²) in [5.41, 5.74) is 2.77. The summed E-state index contributed by atoms with van der Waals surface area (Å²) in [6.07, 6.45) is 2.31. The molecule has 0 saturated carbocycles. The standard InChI is InChI=1S/C28H22F2N2O3S/c29-20-7-3-17(4-8-20)25(34)16-36-27-26(18-5-10-22(33)11-6-18)32(28(27)35)21-9-12-23(24(30)14-21)19-2-1-13-31-15-19/h1-15,25-27,33-34H,16H2/t25-,26-,27-/m1/s1. The van der Waals surface area contributed by atoms with Crippen molar-refractivity contribution in [2.45, 2.75) is 17.4 Å². The van der Waals surface area contributed by atoms with Crippen LogP contribution in [0.4, 0.5) is 14.5 Å². The number of aromatic hydroxyl groups is 1. The topological polar surface area (TPSA) is 73.7 Å². The number of anilines is 1. The van der Waals surface area contributed by atoms with Crippen LogP contribution in [0.25, 0.3) is 11.1 Å². The summed E-state index contributed by atoms with van der Waals surface area (Å²) in [6.45, 7) is 0. The highest BCUT2D eigenvalue weighted by Crippen LogP contribution is 2.46. The minimum Gasteiger partial charge on any atom is -0.508 e. The number of benzene rings is 3. The number of halogens is 2. The molecule has 1 aliphatic rings. The quantitative estimate of drug-likeness (QED) is 0.318. The average molecular weight is 505 g/mol. The Kier molecular flexibility index (Phi) is 6.71. The van der Waals surface area contributed by atoms with Gasteiger partial charge in [0.25, 0.3) is 0 Å². The Bertz CT molecular complexity index is 1370. The SMILES string of the molecule is O=C1[C@H](SC[C@@H](O)c2ccc(F)cc2)[C@@H](c2ccc(O)cc2)N1c1ccc(-c2cccnc2)c(F)c1. The smallest absolute Gasteiger partial charge is 0.243 e. The monoisotopic (exact) mass is 504 g/mol. The second-order valence-electron chi connectivity index (χ2n) is 8.47. The summed E-state index contributed by atoms with van der Waals surface area (Å²) in [6, 6.07) is 19.8. The van der Waals surface area contributed by atoms with Crippen molar-refractivity contribution in [2.24, 2.45) is 0 Å². The van der Waals surface area contributed by atoms with E-state index in [1.165, 1.54) is 59.1 Å². The Morgan fingerprint density at radius 3 is 2.42 bits per heavy atom. The normalized spacial score (nSPS) is 18.1. The summed E-state index contributed by atoms with van der Waals surface area (Å²) in [4.78, 5) is 18.8. The molecule has 0 aliphatic carbocycles. The van der Waals surface area contributed by atoms with Crippen molar-refractivity contribution < 1.29 is 23.8 Å². The molecule has 0 bridgehead atoms. The molecule has 0 radical (unpaired) electrons. The molecule has 3 aromatic carbocycles. The number of carbonyl (C=O) groups is 1. The van der Waals surface area contributed by atoms with Gasteiger partial charge in [0.05, 0.1) is 12.1 Å². The lowest BCUT2D eigenvalue weighted by atomic mass is 9.92. The van der Waals surface area contributed by atoms with Gasteiger partial charge in [-0.25, -0.2) is 8.78 Å². The van der Waals surface area contributed by atoms with Crippen molar-refractivity contribution in [3.05, 3.63) is 114 Å². The number of hydrogen-bond acceptors (Lipinski definition) is 5. The van der Waals surface area contributed by atoms with E-state index < -0.39 is 29.0 Å². The molecule has 182 valence electrons. The zero-order chi connectivity index (χ0) is 25.2. The maximum absolute atomic E-state index is 15.1. The lowest BCUT2D eigenvalue weighted by Crippen LogP contribution is -2.57. The van der Waals surface area contributed by atoms with E-state index in [9.17, 15) is 19.4 Å². The van der Waals surface area contributed by atoms with Gasteiger partial charge >= 0.3 is 0 Å².